The van der Waals surface area contributed by atoms with Gasteiger partial charge in [-0.1, -0.05) is 30.3 Å². The summed E-state index contributed by atoms with van der Waals surface area (Å²) in [6, 6.07) is 10.4. The highest BCUT2D eigenvalue weighted by molar-refractivity contribution is 5.91. The molecule has 0 bridgehead atoms. The molecule has 1 aromatic carbocycles. The summed E-state index contributed by atoms with van der Waals surface area (Å²) in [5, 5.41) is 2.86. The summed E-state index contributed by atoms with van der Waals surface area (Å²) in [5.41, 5.74) is 1.61. The fourth-order valence-corrected chi connectivity index (χ4v) is 2.60. The lowest BCUT2D eigenvalue weighted by atomic mass is 10.2. The zero-order valence-corrected chi connectivity index (χ0v) is 12.9. The molecule has 1 aromatic heterocycles. The Balaban J connectivity index is 1.48. The van der Waals surface area contributed by atoms with Crippen molar-refractivity contribution in [2.75, 3.05) is 26.2 Å². The van der Waals surface area contributed by atoms with Crippen LogP contribution in [0.3, 0.4) is 0 Å². The van der Waals surface area contributed by atoms with Crippen LogP contribution in [0, 0.1) is 0 Å². The molecule has 0 spiro atoms. The van der Waals surface area contributed by atoms with E-state index >= 15 is 0 Å². The number of nitrogens with one attached hydrogen (secondary N) is 1. The second kappa shape index (κ2) is 7.80. The molecule has 6 heteroatoms. The van der Waals surface area contributed by atoms with Crippen molar-refractivity contribution in [2.45, 2.75) is 12.6 Å². The van der Waals surface area contributed by atoms with Crippen LogP contribution in [0.1, 0.15) is 16.1 Å². The molecule has 0 radical (unpaired) electrons. The van der Waals surface area contributed by atoms with Gasteiger partial charge in [-0.3, -0.25) is 14.7 Å². The topological polar surface area (TPSA) is 67.4 Å². The fraction of sp³-hybridized carbons (Fsp3) is 0.353. The third kappa shape index (κ3) is 4.58. The summed E-state index contributed by atoms with van der Waals surface area (Å²) in [6.45, 7) is 3.76. The molecule has 120 valence electrons. The molecule has 1 atom stereocenters. The van der Waals surface area contributed by atoms with Crippen LogP contribution in [0.2, 0.25) is 0 Å². The first-order valence-corrected chi connectivity index (χ1v) is 7.73. The summed E-state index contributed by atoms with van der Waals surface area (Å²) >= 11 is 0. The molecule has 1 amide bonds. The molecule has 1 fully saturated rings. The lowest BCUT2D eigenvalue weighted by Crippen LogP contribution is -2.47. The normalized spacial score (nSPS) is 18.5. The standard InChI is InChI=1S/C17H20N4O2/c22-17(16-11-18-6-7-19-16)20-10-15-13-21(8-9-23-15)12-14-4-2-1-3-5-14/h1-7,11,15H,8-10,12-13H2,(H,20,22). The van der Waals surface area contributed by atoms with Crippen molar-refractivity contribution in [3.05, 3.63) is 60.2 Å². The van der Waals surface area contributed by atoms with Crippen molar-refractivity contribution in [3.8, 4) is 0 Å². The molecular formula is C17H20N4O2. The van der Waals surface area contributed by atoms with Crippen LogP contribution in [0.4, 0.5) is 0 Å². The highest BCUT2D eigenvalue weighted by Crippen LogP contribution is 2.10. The van der Waals surface area contributed by atoms with E-state index in [2.05, 4.69) is 32.3 Å². The number of morpholine rings is 1. The van der Waals surface area contributed by atoms with Crippen molar-refractivity contribution in [3.63, 3.8) is 0 Å². The predicted molar refractivity (Wildman–Crippen MR) is 85.8 cm³/mol. The second-order valence-electron chi connectivity index (χ2n) is 5.51. The number of benzene rings is 1. The Kier molecular flexibility index (Phi) is 5.29. The number of hydrogen-bond donors (Lipinski definition) is 1. The van der Waals surface area contributed by atoms with Gasteiger partial charge >= 0.3 is 0 Å². The zero-order chi connectivity index (χ0) is 15.9. The molecule has 3 rings (SSSR count). The Hall–Kier alpha value is -2.31. The van der Waals surface area contributed by atoms with Gasteiger partial charge in [0.2, 0.25) is 0 Å². The smallest absolute Gasteiger partial charge is 0.271 e. The van der Waals surface area contributed by atoms with Gasteiger partial charge in [0.25, 0.3) is 5.91 Å². The highest BCUT2D eigenvalue weighted by Gasteiger charge is 2.21. The second-order valence-corrected chi connectivity index (χ2v) is 5.51. The van der Waals surface area contributed by atoms with Gasteiger partial charge < -0.3 is 10.1 Å². The average molecular weight is 312 g/mol. The van der Waals surface area contributed by atoms with Crippen LogP contribution >= 0.6 is 0 Å². The minimum atomic E-state index is -0.220. The van der Waals surface area contributed by atoms with Gasteiger partial charge in [-0.25, -0.2) is 4.98 Å². The van der Waals surface area contributed by atoms with Gasteiger partial charge in [-0.15, -0.1) is 0 Å². The number of rotatable bonds is 5. The Morgan fingerprint density at radius 3 is 2.96 bits per heavy atom. The maximum atomic E-state index is 12.0. The maximum Gasteiger partial charge on any atom is 0.271 e. The van der Waals surface area contributed by atoms with Crippen molar-refractivity contribution >= 4 is 5.91 Å². The fourth-order valence-electron chi connectivity index (χ4n) is 2.60. The SMILES string of the molecule is O=C(NCC1CN(Cc2ccccc2)CCO1)c1cnccn1. The number of carbonyl (C=O) groups is 1. The molecular weight excluding hydrogens is 292 g/mol. The molecule has 0 saturated carbocycles. The minimum absolute atomic E-state index is 0.00640. The van der Waals surface area contributed by atoms with Crippen molar-refractivity contribution in [1.29, 1.82) is 0 Å². The Bertz CT molecular complexity index is 621. The van der Waals surface area contributed by atoms with E-state index in [1.807, 2.05) is 18.2 Å². The first-order chi connectivity index (χ1) is 11.3. The van der Waals surface area contributed by atoms with Crippen LogP contribution in [0.25, 0.3) is 0 Å². The van der Waals surface area contributed by atoms with Crippen molar-refractivity contribution in [1.82, 2.24) is 20.2 Å². The molecule has 2 aromatic rings. The third-order valence-corrected chi connectivity index (χ3v) is 3.76. The number of nitrogens with zero attached hydrogens (tertiary/aromatic N) is 3. The number of carbonyl (C=O) groups excluding carboxylic acids is 1. The van der Waals surface area contributed by atoms with E-state index in [1.165, 1.54) is 18.0 Å². The Morgan fingerprint density at radius 2 is 2.17 bits per heavy atom. The lowest BCUT2D eigenvalue weighted by Gasteiger charge is -2.33. The van der Waals surface area contributed by atoms with E-state index in [4.69, 9.17) is 4.74 Å². The number of ether oxygens (including phenoxy) is 1. The molecule has 1 saturated heterocycles. The molecule has 6 nitrogen and oxygen atoms in total. The molecule has 0 aliphatic carbocycles. The summed E-state index contributed by atoms with van der Waals surface area (Å²) in [6.07, 6.45) is 4.50. The van der Waals surface area contributed by atoms with Crippen LogP contribution in [0.5, 0.6) is 0 Å². The maximum absolute atomic E-state index is 12.0. The number of amides is 1. The van der Waals surface area contributed by atoms with Gasteiger partial charge in [0.15, 0.2) is 0 Å². The third-order valence-electron chi connectivity index (χ3n) is 3.76. The van der Waals surface area contributed by atoms with Crippen molar-refractivity contribution in [2.24, 2.45) is 0 Å². The predicted octanol–water partition coefficient (Wildman–Crippen LogP) is 1.11. The summed E-state index contributed by atoms with van der Waals surface area (Å²) in [5.74, 6) is -0.220. The molecule has 1 N–H and O–H groups in total. The van der Waals surface area contributed by atoms with E-state index < -0.39 is 0 Å². The monoisotopic (exact) mass is 312 g/mol. The van der Waals surface area contributed by atoms with E-state index in [-0.39, 0.29) is 12.0 Å². The lowest BCUT2D eigenvalue weighted by molar-refractivity contribution is -0.0292. The minimum Gasteiger partial charge on any atom is -0.374 e. The average Bonchev–Trinajstić information content (AvgIpc) is 2.62. The van der Waals surface area contributed by atoms with Crippen LogP contribution in [-0.4, -0.2) is 53.1 Å². The van der Waals surface area contributed by atoms with E-state index in [9.17, 15) is 4.79 Å². The molecule has 23 heavy (non-hydrogen) atoms. The quantitative estimate of drug-likeness (QED) is 0.896. The van der Waals surface area contributed by atoms with Gasteiger partial charge in [-0.2, -0.15) is 0 Å². The summed E-state index contributed by atoms with van der Waals surface area (Å²) in [4.78, 5) is 22.2. The van der Waals surface area contributed by atoms with Crippen LogP contribution in [-0.2, 0) is 11.3 Å². The van der Waals surface area contributed by atoms with Gasteiger partial charge in [0.1, 0.15) is 5.69 Å². The van der Waals surface area contributed by atoms with Crippen LogP contribution in [0.15, 0.2) is 48.9 Å². The number of aromatic nitrogens is 2. The van der Waals surface area contributed by atoms with Crippen LogP contribution < -0.4 is 5.32 Å². The van der Waals surface area contributed by atoms with Gasteiger partial charge in [-0.05, 0) is 5.56 Å². The van der Waals surface area contributed by atoms with E-state index in [1.54, 1.807) is 6.20 Å². The summed E-state index contributed by atoms with van der Waals surface area (Å²) < 4.78 is 5.74. The molecule has 2 heterocycles. The summed E-state index contributed by atoms with van der Waals surface area (Å²) in [7, 11) is 0. The highest BCUT2D eigenvalue weighted by atomic mass is 16.5. The van der Waals surface area contributed by atoms with Gasteiger partial charge in [0, 0.05) is 38.6 Å². The molecule has 1 aliphatic rings. The van der Waals surface area contributed by atoms with Gasteiger partial charge in [0.05, 0.1) is 18.9 Å². The van der Waals surface area contributed by atoms with E-state index in [0.29, 0.717) is 18.8 Å². The van der Waals surface area contributed by atoms with E-state index in [0.717, 1.165) is 19.6 Å². The Morgan fingerprint density at radius 1 is 1.30 bits per heavy atom. The first-order valence-electron chi connectivity index (χ1n) is 7.73. The number of hydrogen-bond acceptors (Lipinski definition) is 5. The Labute approximate surface area is 135 Å². The zero-order valence-electron chi connectivity index (χ0n) is 12.9. The molecule has 1 unspecified atom stereocenters. The molecule has 1 aliphatic heterocycles. The van der Waals surface area contributed by atoms with Crippen molar-refractivity contribution < 1.29 is 9.53 Å². The first kappa shape index (κ1) is 15.6. The largest absolute Gasteiger partial charge is 0.374 e.